The SMILES string of the molecule is Cc1ccc(/C=C/C(=O)NCCOc2ccc(C)cc2)cc1. The molecule has 0 saturated heterocycles. The Balaban J connectivity index is 1.69. The fraction of sp³-hybridized carbons (Fsp3) is 0.211. The van der Waals surface area contributed by atoms with Crippen LogP contribution in [-0.2, 0) is 4.79 Å². The normalized spacial score (nSPS) is 10.6. The first-order valence-electron chi connectivity index (χ1n) is 7.35. The van der Waals surface area contributed by atoms with E-state index in [1.165, 1.54) is 17.2 Å². The molecule has 0 atom stereocenters. The van der Waals surface area contributed by atoms with Crippen LogP contribution in [0, 0.1) is 13.8 Å². The molecule has 0 aliphatic rings. The molecule has 22 heavy (non-hydrogen) atoms. The Bertz CT molecular complexity index is 627. The number of carbonyl (C=O) groups is 1. The van der Waals surface area contributed by atoms with E-state index in [1.54, 1.807) is 6.08 Å². The highest BCUT2D eigenvalue weighted by Crippen LogP contribution is 2.10. The molecule has 0 spiro atoms. The van der Waals surface area contributed by atoms with Crippen LogP contribution < -0.4 is 10.1 Å². The van der Waals surface area contributed by atoms with E-state index < -0.39 is 0 Å². The lowest BCUT2D eigenvalue weighted by molar-refractivity contribution is -0.116. The van der Waals surface area contributed by atoms with Gasteiger partial charge in [0.1, 0.15) is 12.4 Å². The van der Waals surface area contributed by atoms with Crippen molar-refractivity contribution < 1.29 is 9.53 Å². The zero-order valence-electron chi connectivity index (χ0n) is 13.0. The van der Waals surface area contributed by atoms with Crippen LogP contribution in [0.1, 0.15) is 16.7 Å². The predicted octanol–water partition coefficient (Wildman–Crippen LogP) is 3.51. The summed E-state index contributed by atoms with van der Waals surface area (Å²) < 4.78 is 5.55. The number of aryl methyl sites for hydroxylation is 2. The van der Waals surface area contributed by atoms with Gasteiger partial charge >= 0.3 is 0 Å². The lowest BCUT2D eigenvalue weighted by Gasteiger charge is -2.06. The summed E-state index contributed by atoms with van der Waals surface area (Å²) in [4.78, 5) is 11.7. The minimum atomic E-state index is -0.118. The van der Waals surface area contributed by atoms with Crippen molar-refractivity contribution in [2.75, 3.05) is 13.2 Å². The van der Waals surface area contributed by atoms with Crippen molar-refractivity contribution in [1.29, 1.82) is 0 Å². The average Bonchev–Trinajstić information content (AvgIpc) is 2.53. The molecule has 0 unspecified atom stereocenters. The van der Waals surface area contributed by atoms with Gasteiger partial charge in [-0.25, -0.2) is 0 Å². The molecule has 2 aromatic rings. The van der Waals surface area contributed by atoms with Crippen molar-refractivity contribution in [2.45, 2.75) is 13.8 Å². The maximum absolute atomic E-state index is 11.7. The summed E-state index contributed by atoms with van der Waals surface area (Å²) in [5.74, 6) is 0.697. The van der Waals surface area contributed by atoms with Crippen molar-refractivity contribution in [1.82, 2.24) is 5.32 Å². The highest BCUT2D eigenvalue weighted by Gasteiger charge is 1.96. The molecule has 2 aromatic carbocycles. The number of rotatable bonds is 6. The third kappa shape index (κ3) is 5.44. The first kappa shape index (κ1) is 15.8. The topological polar surface area (TPSA) is 38.3 Å². The summed E-state index contributed by atoms with van der Waals surface area (Å²) in [7, 11) is 0. The van der Waals surface area contributed by atoms with Gasteiger partial charge in [0.2, 0.25) is 5.91 Å². The van der Waals surface area contributed by atoms with Gasteiger partial charge in [-0.3, -0.25) is 4.79 Å². The maximum atomic E-state index is 11.7. The number of hydrogen-bond donors (Lipinski definition) is 1. The molecule has 0 fully saturated rings. The van der Waals surface area contributed by atoms with Gasteiger partial charge in [0.15, 0.2) is 0 Å². The first-order chi connectivity index (χ1) is 10.6. The molecule has 0 aliphatic heterocycles. The predicted molar refractivity (Wildman–Crippen MR) is 89.9 cm³/mol. The van der Waals surface area contributed by atoms with Gasteiger partial charge in [-0.1, -0.05) is 47.5 Å². The Hall–Kier alpha value is -2.55. The van der Waals surface area contributed by atoms with Crippen LogP contribution in [-0.4, -0.2) is 19.1 Å². The van der Waals surface area contributed by atoms with Crippen LogP contribution in [0.2, 0.25) is 0 Å². The van der Waals surface area contributed by atoms with Crippen LogP contribution in [0.5, 0.6) is 5.75 Å². The lowest BCUT2D eigenvalue weighted by atomic mass is 10.1. The fourth-order valence-electron chi connectivity index (χ4n) is 1.89. The minimum absolute atomic E-state index is 0.118. The monoisotopic (exact) mass is 295 g/mol. The Morgan fingerprint density at radius 2 is 1.59 bits per heavy atom. The number of hydrogen-bond acceptors (Lipinski definition) is 2. The fourth-order valence-corrected chi connectivity index (χ4v) is 1.89. The van der Waals surface area contributed by atoms with E-state index in [-0.39, 0.29) is 5.91 Å². The summed E-state index contributed by atoms with van der Waals surface area (Å²) >= 11 is 0. The molecular formula is C19H21NO2. The van der Waals surface area contributed by atoms with Crippen LogP contribution in [0.4, 0.5) is 0 Å². The zero-order valence-corrected chi connectivity index (χ0v) is 13.0. The van der Waals surface area contributed by atoms with Crippen molar-refractivity contribution >= 4 is 12.0 Å². The summed E-state index contributed by atoms with van der Waals surface area (Å²) in [5.41, 5.74) is 3.41. The second-order valence-electron chi connectivity index (χ2n) is 5.20. The summed E-state index contributed by atoms with van der Waals surface area (Å²) in [6.45, 7) is 5.00. The third-order valence-electron chi connectivity index (χ3n) is 3.20. The van der Waals surface area contributed by atoms with Crippen molar-refractivity contribution in [3.05, 3.63) is 71.3 Å². The van der Waals surface area contributed by atoms with Crippen LogP contribution >= 0.6 is 0 Å². The lowest BCUT2D eigenvalue weighted by Crippen LogP contribution is -2.26. The van der Waals surface area contributed by atoms with Gasteiger partial charge < -0.3 is 10.1 Å². The third-order valence-corrected chi connectivity index (χ3v) is 3.20. The van der Waals surface area contributed by atoms with Crippen LogP contribution in [0.25, 0.3) is 6.08 Å². The van der Waals surface area contributed by atoms with Crippen molar-refractivity contribution in [2.24, 2.45) is 0 Å². The van der Waals surface area contributed by atoms with Gasteiger partial charge in [0, 0.05) is 6.08 Å². The molecule has 0 saturated carbocycles. The highest BCUT2D eigenvalue weighted by molar-refractivity contribution is 5.91. The van der Waals surface area contributed by atoms with E-state index in [1.807, 2.05) is 62.4 Å². The van der Waals surface area contributed by atoms with Crippen molar-refractivity contribution in [3.63, 3.8) is 0 Å². The Kier molecular flexibility index (Phi) is 5.78. The molecule has 2 rings (SSSR count). The van der Waals surface area contributed by atoms with Gasteiger partial charge in [0.05, 0.1) is 6.54 Å². The minimum Gasteiger partial charge on any atom is -0.492 e. The molecule has 0 aliphatic carbocycles. The standard InChI is InChI=1S/C19H21NO2/c1-15-3-7-17(8-4-15)9-12-19(21)20-13-14-22-18-10-5-16(2)6-11-18/h3-12H,13-14H2,1-2H3,(H,20,21)/b12-9+. The first-order valence-corrected chi connectivity index (χ1v) is 7.35. The Labute approximate surface area is 131 Å². The van der Waals surface area contributed by atoms with E-state index >= 15 is 0 Å². The molecule has 3 heteroatoms. The molecule has 0 bridgehead atoms. The number of nitrogens with one attached hydrogen (secondary N) is 1. The van der Waals surface area contributed by atoms with E-state index in [2.05, 4.69) is 5.32 Å². The molecule has 3 nitrogen and oxygen atoms in total. The second kappa shape index (κ2) is 8.03. The molecule has 1 amide bonds. The summed E-state index contributed by atoms with van der Waals surface area (Å²) in [6.07, 6.45) is 3.34. The number of carbonyl (C=O) groups excluding carboxylic acids is 1. The van der Waals surface area contributed by atoms with E-state index in [0.29, 0.717) is 13.2 Å². The van der Waals surface area contributed by atoms with Gasteiger partial charge in [-0.15, -0.1) is 0 Å². The van der Waals surface area contributed by atoms with Gasteiger partial charge in [0.25, 0.3) is 0 Å². The van der Waals surface area contributed by atoms with Crippen molar-refractivity contribution in [3.8, 4) is 5.75 Å². The van der Waals surface area contributed by atoms with Crippen LogP contribution in [0.15, 0.2) is 54.6 Å². The number of ether oxygens (including phenoxy) is 1. The summed E-state index contributed by atoms with van der Waals surface area (Å²) in [5, 5.41) is 2.80. The molecule has 114 valence electrons. The quantitative estimate of drug-likeness (QED) is 0.654. The molecular weight excluding hydrogens is 274 g/mol. The highest BCUT2D eigenvalue weighted by atomic mass is 16.5. The zero-order chi connectivity index (χ0) is 15.8. The molecule has 0 radical (unpaired) electrons. The molecule has 0 heterocycles. The molecule has 0 aromatic heterocycles. The summed E-state index contributed by atoms with van der Waals surface area (Å²) in [6, 6.07) is 15.9. The maximum Gasteiger partial charge on any atom is 0.244 e. The van der Waals surface area contributed by atoms with E-state index in [9.17, 15) is 4.79 Å². The largest absolute Gasteiger partial charge is 0.492 e. The number of benzene rings is 2. The second-order valence-corrected chi connectivity index (χ2v) is 5.20. The Morgan fingerprint density at radius 3 is 2.23 bits per heavy atom. The smallest absolute Gasteiger partial charge is 0.244 e. The average molecular weight is 295 g/mol. The molecule has 1 N–H and O–H groups in total. The van der Waals surface area contributed by atoms with Gasteiger partial charge in [-0.05, 0) is 37.6 Å². The van der Waals surface area contributed by atoms with E-state index in [0.717, 1.165) is 11.3 Å². The Morgan fingerprint density at radius 1 is 1.00 bits per heavy atom. The van der Waals surface area contributed by atoms with Crippen LogP contribution in [0.3, 0.4) is 0 Å². The van der Waals surface area contributed by atoms with Gasteiger partial charge in [-0.2, -0.15) is 0 Å². The number of amides is 1. The van der Waals surface area contributed by atoms with E-state index in [4.69, 9.17) is 4.74 Å².